The highest BCUT2D eigenvalue weighted by Gasteiger charge is 2.38. The Morgan fingerprint density at radius 3 is 2.81 bits per heavy atom. The van der Waals surface area contributed by atoms with Crippen molar-refractivity contribution in [2.24, 2.45) is 11.8 Å². The Kier molecular flexibility index (Phi) is 3.33. The number of ether oxygens (including phenoxy) is 1. The van der Waals surface area contributed by atoms with Gasteiger partial charge in [-0.1, -0.05) is 22.9 Å². The maximum atomic E-state index is 11.9. The van der Waals surface area contributed by atoms with Crippen molar-refractivity contribution < 1.29 is 9.53 Å². The zero-order valence-electron chi connectivity index (χ0n) is 9.50. The van der Waals surface area contributed by atoms with Gasteiger partial charge in [-0.3, -0.25) is 4.79 Å². The molecule has 0 spiro atoms. The molecule has 1 aromatic rings. The molecule has 86 valence electrons. The third kappa shape index (κ3) is 2.46. The van der Waals surface area contributed by atoms with Gasteiger partial charge in [-0.25, -0.2) is 0 Å². The molecule has 0 heterocycles. The van der Waals surface area contributed by atoms with E-state index < -0.39 is 0 Å². The van der Waals surface area contributed by atoms with Crippen LogP contribution in [0.15, 0.2) is 22.7 Å². The molecule has 1 aliphatic carbocycles. The van der Waals surface area contributed by atoms with Crippen LogP contribution in [0.3, 0.4) is 0 Å². The highest BCUT2D eigenvalue weighted by atomic mass is 79.9. The summed E-state index contributed by atoms with van der Waals surface area (Å²) in [5.41, 5.74) is 0.973. The molecule has 1 saturated carbocycles. The second kappa shape index (κ2) is 4.58. The maximum Gasteiger partial charge on any atom is 0.140 e. The molecule has 16 heavy (non-hydrogen) atoms. The summed E-state index contributed by atoms with van der Waals surface area (Å²) in [6.07, 6.45) is 1.53. The largest absolute Gasteiger partial charge is 0.496 e. The zero-order chi connectivity index (χ0) is 11.7. The van der Waals surface area contributed by atoms with Gasteiger partial charge in [0.2, 0.25) is 0 Å². The molecule has 3 heteroatoms. The van der Waals surface area contributed by atoms with Crippen molar-refractivity contribution in [1.82, 2.24) is 0 Å². The summed E-state index contributed by atoms with van der Waals surface area (Å²) < 4.78 is 6.24. The van der Waals surface area contributed by atoms with E-state index in [9.17, 15) is 4.79 Å². The van der Waals surface area contributed by atoms with Crippen molar-refractivity contribution in [1.29, 1.82) is 0 Å². The van der Waals surface area contributed by atoms with Gasteiger partial charge in [0, 0.05) is 22.4 Å². The van der Waals surface area contributed by atoms with Crippen molar-refractivity contribution in [2.75, 3.05) is 7.11 Å². The van der Waals surface area contributed by atoms with Crippen LogP contribution < -0.4 is 4.74 Å². The predicted molar refractivity (Wildman–Crippen MR) is 66.7 cm³/mol. The summed E-state index contributed by atoms with van der Waals surface area (Å²) in [5, 5.41) is 0. The Bertz CT molecular complexity index is 414. The molecule has 0 radical (unpaired) electrons. The highest BCUT2D eigenvalue weighted by Crippen LogP contribution is 2.39. The Balaban J connectivity index is 2.13. The van der Waals surface area contributed by atoms with Crippen LogP contribution in [-0.2, 0) is 11.2 Å². The fraction of sp³-hybridized carbons (Fsp3) is 0.462. The number of carbonyl (C=O) groups excluding carboxylic acids is 1. The summed E-state index contributed by atoms with van der Waals surface area (Å²) >= 11 is 3.41. The van der Waals surface area contributed by atoms with Crippen molar-refractivity contribution in [3.05, 3.63) is 28.2 Å². The van der Waals surface area contributed by atoms with Crippen LogP contribution in [0.5, 0.6) is 5.75 Å². The molecule has 1 fully saturated rings. The van der Waals surface area contributed by atoms with Gasteiger partial charge in [-0.05, 0) is 30.5 Å². The van der Waals surface area contributed by atoms with Gasteiger partial charge < -0.3 is 4.74 Å². The lowest BCUT2D eigenvalue weighted by molar-refractivity contribution is -0.119. The molecule has 2 atom stereocenters. The molecule has 2 rings (SSSR count). The highest BCUT2D eigenvalue weighted by molar-refractivity contribution is 9.10. The Morgan fingerprint density at radius 1 is 1.56 bits per heavy atom. The van der Waals surface area contributed by atoms with E-state index in [1.54, 1.807) is 7.11 Å². The molecule has 0 bridgehead atoms. The Labute approximate surface area is 104 Å². The van der Waals surface area contributed by atoms with Gasteiger partial charge in [0.15, 0.2) is 0 Å². The summed E-state index contributed by atoms with van der Waals surface area (Å²) in [7, 11) is 1.64. The Morgan fingerprint density at radius 2 is 2.25 bits per heavy atom. The maximum absolute atomic E-state index is 11.9. The predicted octanol–water partition coefficient (Wildman–Crippen LogP) is 3.23. The lowest BCUT2D eigenvalue weighted by atomic mass is 10.0. The van der Waals surface area contributed by atoms with Gasteiger partial charge in [0.1, 0.15) is 11.5 Å². The van der Waals surface area contributed by atoms with Crippen LogP contribution in [0.2, 0.25) is 0 Å². The number of Topliss-reactive ketones (excluding diaryl/α,β-unsaturated/α-hetero) is 1. The second-order valence-electron chi connectivity index (χ2n) is 4.42. The number of halogens is 1. The fourth-order valence-electron chi connectivity index (χ4n) is 1.97. The van der Waals surface area contributed by atoms with Crippen LogP contribution in [0.1, 0.15) is 18.9 Å². The van der Waals surface area contributed by atoms with Gasteiger partial charge in [0.25, 0.3) is 0 Å². The molecule has 1 aliphatic rings. The number of hydrogen-bond acceptors (Lipinski definition) is 2. The van der Waals surface area contributed by atoms with Crippen LogP contribution in [0.4, 0.5) is 0 Å². The normalized spacial score (nSPS) is 22.9. The number of rotatable bonds is 4. The fourth-order valence-corrected chi connectivity index (χ4v) is 2.38. The molecule has 0 amide bonds. The summed E-state index contributed by atoms with van der Waals surface area (Å²) in [6.45, 7) is 2.13. The lowest BCUT2D eigenvalue weighted by Crippen LogP contribution is -2.07. The number of carbonyl (C=O) groups is 1. The van der Waals surface area contributed by atoms with E-state index in [0.717, 1.165) is 22.2 Å². The van der Waals surface area contributed by atoms with Gasteiger partial charge in [0.05, 0.1) is 7.11 Å². The number of hydrogen-bond donors (Lipinski definition) is 0. The average Bonchev–Trinajstić information content (AvgIpc) is 2.96. The molecule has 0 saturated heterocycles. The summed E-state index contributed by atoms with van der Waals surface area (Å²) in [5.74, 6) is 1.99. The smallest absolute Gasteiger partial charge is 0.140 e. The first-order valence-corrected chi connectivity index (χ1v) is 6.26. The molecular formula is C13H15BrO2. The summed E-state index contributed by atoms with van der Waals surface area (Å²) in [6, 6.07) is 5.78. The molecule has 2 nitrogen and oxygen atoms in total. The molecule has 2 unspecified atom stereocenters. The van der Waals surface area contributed by atoms with Crippen molar-refractivity contribution in [2.45, 2.75) is 19.8 Å². The first-order valence-electron chi connectivity index (χ1n) is 5.47. The van der Waals surface area contributed by atoms with Crippen molar-refractivity contribution in [3.63, 3.8) is 0 Å². The molecule has 0 aliphatic heterocycles. The number of ketones is 1. The zero-order valence-corrected chi connectivity index (χ0v) is 11.1. The average molecular weight is 283 g/mol. The second-order valence-corrected chi connectivity index (χ2v) is 5.33. The van der Waals surface area contributed by atoms with Gasteiger partial charge in [-0.15, -0.1) is 0 Å². The first-order chi connectivity index (χ1) is 7.61. The Hall–Kier alpha value is -0.830. The molecule has 0 N–H and O–H groups in total. The number of benzene rings is 1. The first kappa shape index (κ1) is 11.6. The van der Waals surface area contributed by atoms with Gasteiger partial charge >= 0.3 is 0 Å². The van der Waals surface area contributed by atoms with E-state index in [-0.39, 0.29) is 5.92 Å². The number of methoxy groups -OCH3 is 1. The standard InChI is InChI=1S/C13H15BrO2/c1-8-5-11(8)12(15)7-9-6-10(14)3-4-13(9)16-2/h3-4,6,8,11H,5,7H2,1-2H3. The van der Waals surface area contributed by atoms with E-state index in [0.29, 0.717) is 18.1 Å². The monoisotopic (exact) mass is 282 g/mol. The molecule has 0 aromatic heterocycles. The van der Waals surface area contributed by atoms with E-state index in [1.807, 2.05) is 18.2 Å². The minimum Gasteiger partial charge on any atom is -0.496 e. The van der Waals surface area contributed by atoms with Crippen molar-refractivity contribution in [3.8, 4) is 5.75 Å². The minimum absolute atomic E-state index is 0.281. The minimum atomic E-state index is 0.281. The van der Waals surface area contributed by atoms with Crippen LogP contribution >= 0.6 is 15.9 Å². The van der Waals surface area contributed by atoms with E-state index in [2.05, 4.69) is 22.9 Å². The summed E-state index contributed by atoms with van der Waals surface area (Å²) in [4.78, 5) is 11.9. The quantitative estimate of drug-likeness (QED) is 0.848. The lowest BCUT2D eigenvalue weighted by Gasteiger charge is -2.08. The van der Waals surface area contributed by atoms with Crippen LogP contribution in [0, 0.1) is 11.8 Å². The molecule has 1 aromatic carbocycles. The SMILES string of the molecule is COc1ccc(Br)cc1CC(=O)C1CC1C. The molecular weight excluding hydrogens is 268 g/mol. The topological polar surface area (TPSA) is 26.3 Å². The third-order valence-corrected chi connectivity index (χ3v) is 3.62. The third-order valence-electron chi connectivity index (χ3n) is 3.13. The van der Waals surface area contributed by atoms with Crippen LogP contribution in [-0.4, -0.2) is 12.9 Å². The van der Waals surface area contributed by atoms with E-state index in [1.165, 1.54) is 0 Å². The van der Waals surface area contributed by atoms with Gasteiger partial charge in [-0.2, -0.15) is 0 Å². The van der Waals surface area contributed by atoms with E-state index >= 15 is 0 Å². The van der Waals surface area contributed by atoms with E-state index in [4.69, 9.17) is 4.74 Å². The van der Waals surface area contributed by atoms with Crippen LogP contribution in [0.25, 0.3) is 0 Å². The van der Waals surface area contributed by atoms with Crippen molar-refractivity contribution >= 4 is 21.7 Å².